The Balaban J connectivity index is 3.06. The number of nitrogens with one attached hydrogen (secondary N) is 1. The molecule has 0 radical (unpaired) electrons. The van der Waals surface area contributed by atoms with Crippen LogP contribution in [0, 0.1) is 0 Å². The second-order valence-electron chi connectivity index (χ2n) is 1.35. The molecule has 2 heteroatoms. The van der Waals surface area contributed by atoms with E-state index in [1.165, 1.54) is 0 Å². The molecule has 0 aliphatic heterocycles. The number of rotatable bonds is 2. The van der Waals surface area contributed by atoms with E-state index in [0.29, 0.717) is 6.42 Å². The van der Waals surface area contributed by atoms with Crippen LogP contribution in [0.1, 0.15) is 21.1 Å². The highest BCUT2D eigenvalue weighted by Crippen LogP contribution is 1.82. The van der Waals surface area contributed by atoms with Crippen molar-refractivity contribution in [2.45, 2.75) is 19.8 Å². The van der Waals surface area contributed by atoms with Gasteiger partial charge >= 0.3 is 0 Å². The second kappa shape index (κ2) is 3.65. The quantitative estimate of drug-likeness (QED) is 0.541. The van der Waals surface area contributed by atoms with E-state index in [0.717, 1.165) is 6.42 Å². The van der Waals surface area contributed by atoms with Crippen molar-refractivity contribution >= 4 is 5.91 Å². The van der Waals surface area contributed by atoms with Gasteiger partial charge in [0, 0.05) is 14.8 Å². The first-order valence-corrected chi connectivity index (χ1v) is 2.37. The Labute approximate surface area is 45.3 Å². The highest BCUT2D eigenvalue weighted by molar-refractivity contribution is 5.75. The molecular weight excluding hydrogens is 90.1 g/mol. The topological polar surface area (TPSA) is 29.1 Å². The highest BCUT2D eigenvalue weighted by Gasteiger charge is 1.89. The first-order valence-electron chi connectivity index (χ1n) is 3.08. The van der Waals surface area contributed by atoms with E-state index in [4.69, 9.17) is 1.37 Å². The third-order valence-corrected chi connectivity index (χ3v) is 0.674. The summed E-state index contributed by atoms with van der Waals surface area (Å²) in [5.74, 6) is -0.0255. The van der Waals surface area contributed by atoms with Gasteiger partial charge in [0.25, 0.3) is 0 Å². The molecule has 0 heterocycles. The number of amides is 1. The fraction of sp³-hybridized carbons (Fsp3) is 0.800. The van der Waals surface area contributed by atoms with E-state index < -0.39 is 0 Å². The number of hydrogen-bond acceptors (Lipinski definition) is 1. The third-order valence-electron chi connectivity index (χ3n) is 0.674. The molecule has 0 atom stereocenters. The molecule has 0 aliphatic rings. The number of carbonyl (C=O) groups is 1. The van der Waals surface area contributed by atoms with Crippen LogP contribution in [0.4, 0.5) is 0 Å². The predicted octanol–water partition coefficient (Wildman–Crippen LogP) is 0.532. The maximum Gasteiger partial charge on any atom is 0.219 e. The monoisotopic (exact) mass is 102 g/mol. The fourth-order valence-electron chi connectivity index (χ4n) is 0.315. The van der Waals surface area contributed by atoms with Crippen LogP contribution in [-0.4, -0.2) is 12.9 Å². The van der Waals surface area contributed by atoms with Crippen molar-refractivity contribution in [3.8, 4) is 0 Å². The standard InChI is InChI=1S/C5H11NO/c1-3-4-5(7)6-2/h3-4H2,1-2H3,(H,6,7)/i2D. The first kappa shape index (κ1) is 4.62. The van der Waals surface area contributed by atoms with Gasteiger partial charge in [0.15, 0.2) is 0 Å². The van der Waals surface area contributed by atoms with E-state index in [1.54, 1.807) is 0 Å². The van der Waals surface area contributed by atoms with E-state index in [9.17, 15) is 4.79 Å². The minimum Gasteiger partial charge on any atom is -0.359 e. The molecule has 2 nitrogen and oxygen atoms in total. The van der Waals surface area contributed by atoms with Crippen molar-refractivity contribution in [3.05, 3.63) is 0 Å². The zero-order valence-electron chi connectivity index (χ0n) is 5.53. The van der Waals surface area contributed by atoms with Crippen molar-refractivity contribution in [1.29, 1.82) is 0 Å². The summed E-state index contributed by atoms with van der Waals surface area (Å²) in [5.41, 5.74) is 0. The lowest BCUT2D eigenvalue weighted by Crippen LogP contribution is -2.16. The molecule has 0 saturated carbocycles. The Hall–Kier alpha value is -0.530. The van der Waals surface area contributed by atoms with Crippen LogP contribution < -0.4 is 5.32 Å². The van der Waals surface area contributed by atoms with Crippen molar-refractivity contribution in [2.75, 3.05) is 7.02 Å². The molecule has 42 valence electrons. The summed E-state index contributed by atoms with van der Waals surface area (Å²) in [4.78, 5) is 10.4. The van der Waals surface area contributed by atoms with Crippen LogP contribution in [0.3, 0.4) is 0 Å². The third kappa shape index (κ3) is 3.30. The van der Waals surface area contributed by atoms with Gasteiger partial charge in [-0.15, -0.1) is 0 Å². The first-order chi connectivity index (χ1) is 3.81. The molecule has 1 N–H and O–H groups in total. The van der Waals surface area contributed by atoms with Crippen LogP contribution in [-0.2, 0) is 4.79 Å². The molecule has 1 amide bonds. The van der Waals surface area contributed by atoms with Gasteiger partial charge in [-0.2, -0.15) is 0 Å². The molecular formula is C5H11NO. The molecule has 0 aromatic carbocycles. The summed E-state index contributed by atoms with van der Waals surface area (Å²) in [6, 6.07) is 0. The molecule has 0 aliphatic carbocycles. The smallest absolute Gasteiger partial charge is 0.219 e. The van der Waals surface area contributed by atoms with E-state index in [-0.39, 0.29) is 12.9 Å². The molecule has 0 fully saturated rings. The van der Waals surface area contributed by atoms with Crippen molar-refractivity contribution in [3.63, 3.8) is 0 Å². The van der Waals surface area contributed by atoms with E-state index in [1.807, 2.05) is 6.92 Å². The van der Waals surface area contributed by atoms with Crippen LogP contribution in [0.25, 0.3) is 0 Å². The Morgan fingerprint density at radius 1 is 2.00 bits per heavy atom. The number of carbonyl (C=O) groups excluding carboxylic acids is 1. The lowest BCUT2D eigenvalue weighted by Gasteiger charge is -1.91. The van der Waals surface area contributed by atoms with E-state index >= 15 is 0 Å². The molecule has 0 spiro atoms. The maximum absolute atomic E-state index is 10.4. The molecule has 0 bridgehead atoms. The Morgan fingerprint density at radius 3 is 3.14 bits per heavy atom. The molecule has 0 saturated heterocycles. The normalized spacial score (nSPS) is 10.1. The Morgan fingerprint density at radius 2 is 2.71 bits per heavy atom. The van der Waals surface area contributed by atoms with E-state index in [2.05, 4.69) is 5.32 Å². The summed E-state index contributed by atoms with van der Waals surface area (Å²) in [6.45, 7) is 1.93. The summed E-state index contributed by atoms with van der Waals surface area (Å²) in [7, 11) is -0.00116. The number of hydrogen-bond donors (Lipinski definition) is 1. The molecule has 7 heavy (non-hydrogen) atoms. The summed E-state index contributed by atoms with van der Waals surface area (Å²) >= 11 is 0. The summed E-state index contributed by atoms with van der Waals surface area (Å²) < 4.78 is 6.58. The minimum absolute atomic E-state index is 0.00116. The van der Waals surface area contributed by atoms with Crippen molar-refractivity contribution in [1.82, 2.24) is 5.32 Å². The van der Waals surface area contributed by atoms with Gasteiger partial charge in [0.05, 0.1) is 0 Å². The lowest BCUT2D eigenvalue weighted by molar-refractivity contribution is -0.120. The summed E-state index contributed by atoms with van der Waals surface area (Å²) in [6.07, 6.45) is 1.39. The van der Waals surface area contributed by atoms with Gasteiger partial charge in [-0.05, 0) is 6.42 Å². The predicted molar refractivity (Wildman–Crippen MR) is 29.0 cm³/mol. The van der Waals surface area contributed by atoms with Gasteiger partial charge < -0.3 is 5.32 Å². The molecule has 0 aromatic heterocycles. The van der Waals surface area contributed by atoms with Gasteiger partial charge in [-0.25, -0.2) is 0 Å². The fourth-order valence-corrected chi connectivity index (χ4v) is 0.315. The van der Waals surface area contributed by atoms with Gasteiger partial charge in [0.2, 0.25) is 5.91 Å². The van der Waals surface area contributed by atoms with Gasteiger partial charge in [-0.1, -0.05) is 6.92 Å². The SMILES string of the molecule is [2H]CNC(=O)CCC. The van der Waals surface area contributed by atoms with Crippen LogP contribution >= 0.6 is 0 Å². The maximum atomic E-state index is 10.4. The van der Waals surface area contributed by atoms with Crippen LogP contribution in [0.2, 0.25) is 0 Å². The van der Waals surface area contributed by atoms with Crippen LogP contribution in [0.15, 0.2) is 0 Å². The average Bonchev–Trinajstić information content (AvgIpc) is 1.68. The lowest BCUT2D eigenvalue weighted by atomic mass is 10.3. The molecule has 0 rings (SSSR count). The minimum atomic E-state index is -0.0255. The zero-order valence-corrected chi connectivity index (χ0v) is 4.53. The largest absolute Gasteiger partial charge is 0.359 e. The van der Waals surface area contributed by atoms with Crippen LogP contribution in [0.5, 0.6) is 0 Å². The van der Waals surface area contributed by atoms with Crippen molar-refractivity contribution in [2.24, 2.45) is 0 Å². The highest BCUT2D eigenvalue weighted by atomic mass is 16.1. The van der Waals surface area contributed by atoms with Crippen molar-refractivity contribution < 1.29 is 6.17 Å². The summed E-state index contributed by atoms with van der Waals surface area (Å²) in [5, 5.41) is 2.37. The Kier molecular flexibility index (Phi) is 2.41. The Bertz CT molecular complexity index is 66.8. The molecule has 0 aromatic rings. The average molecular weight is 102 g/mol. The van der Waals surface area contributed by atoms with Gasteiger partial charge in [0.1, 0.15) is 0 Å². The zero-order chi connectivity index (χ0) is 6.41. The van der Waals surface area contributed by atoms with Gasteiger partial charge in [-0.3, -0.25) is 4.79 Å². The molecule has 0 unspecified atom stereocenters. The second-order valence-corrected chi connectivity index (χ2v) is 1.35.